The summed E-state index contributed by atoms with van der Waals surface area (Å²) in [5.41, 5.74) is 1.79. The van der Waals surface area contributed by atoms with E-state index in [1.54, 1.807) is 19.1 Å². The van der Waals surface area contributed by atoms with Gasteiger partial charge in [-0.15, -0.1) is 11.3 Å². The Labute approximate surface area is 184 Å². The van der Waals surface area contributed by atoms with Crippen LogP contribution in [0.2, 0.25) is 0 Å². The molecule has 3 aromatic rings. The third-order valence-electron chi connectivity index (χ3n) is 5.22. The number of carbonyl (C=O) groups is 3. The summed E-state index contributed by atoms with van der Waals surface area (Å²) < 4.78 is 10.4. The smallest absolute Gasteiger partial charge is 0.341 e. The lowest BCUT2D eigenvalue weighted by molar-refractivity contribution is -0.119. The summed E-state index contributed by atoms with van der Waals surface area (Å²) in [5, 5.41) is 5.15. The largest absolute Gasteiger partial charge is 0.462 e. The Morgan fingerprint density at radius 3 is 2.55 bits per heavy atom. The van der Waals surface area contributed by atoms with Gasteiger partial charge in [0.25, 0.3) is 5.91 Å². The molecule has 0 spiro atoms. The first kappa shape index (κ1) is 21.1. The van der Waals surface area contributed by atoms with Crippen molar-refractivity contribution in [2.24, 2.45) is 0 Å². The maximum absolute atomic E-state index is 12.5. The Hall–Kier alpha value is -3.19. The van der Waals surface area contributed by atoms with Gasteiger partial charge in [-0.25, -0.2) is 9.59 Å². The molecule has 0 radical (unpaired) electrons. The summed E-state index contributed by atoms with van der Waals surface area (Å²) in [7, 11) is 0. The summed E-state index contributed by atoms with van der Waals surface area (Å²) in [5.74, 6) is -1.49. The number of rotatable bonds is 6. The molecule has 31 heavy (non-hydrogen) atoms. The fourth-order valence-electron chi connectivity index (χ4n) is 3.77. The molecule has 0 unspecified atom stereocenters. The number of esters is 2. The van der Waals surface area contributed by atoms with E-state index in [-0.39, 0.29) is 6.61 Å². The summed E-state index contributed by atoms with van der Waals surface area (Å²) >= 11 is 1.40. The predicted molar refractivity (Wildman–Crippen MR) is 120 cm³/mol. The van der Waals surface area contributed by atoms with Gasteiger partial charge in [0.15, 0.2) is 6.61 Å². The van der Waals surface area contributed by atoms with Crippen LogP contribution >= 0.6 is 11.3 Å². The molecule has 0 fully saturated rings. The maximum Gasteiger partial charge on any atom is 0.341 e. The maximum atomic E-state index is 12.5. The Morgan fingerprint density at radius 2 is 1.74 bits per heavy atom. The lowest BCUT2D eigenvalue weighted by atomic mass is 9.95. The molecule has 1 amide bonds. The fraction of sp³-hybridized carbons (Fsp3) is 0.292. The van der Waals surface area contributed by atoms with Crippen molar-refractivity contribution in [2.75, 3.05) is 18.5 Å². The molecule has 0 atom stereocenters. The van der Waals surface area contributed by atoms with Crippen molar-refractivity contribution >= 4 is 45.0 Å². The molecular formula is C24H23NO5S. The standard InChI is InChI=1S/C24H23NO5S/c1-2-29-24(28)21-18-9-5-6-10-19(18)31-22(21)25-20(26)14-30-23(27)17-12-11-15-7-3-4-8-16(15)13-17/h3-4,7-8,11-13H,2,5-6,9-10,14H2,1H3,(H,25,26). The summed E-state index contributed by atoms with van der Waals surface area (Å²) in [6, 6.07) is 12.9. The van der Waals surface area contributed by atoms with Crippen molar-refractivity contribution in [1.29, 1.82) is 0 Å². The highest BCUT2D eigenvalue weighted by atomic mass is 32.1. The lowest BCUT2D eigenvalue weighted by Gasteiger charge is -2.12. The number of fused-ring (bicyclic) bond motifs is 2. The molecule has 1 aliphatic rings. The lowest BCUT2D eigenvalue weighted by Crippen LogP contribution is -2.22. The fourth-order valence-corrected chi connectivity index (χ4v) is 5.06. The molecule has 0 saturated carbocycles. The molecule has 4 rings (SSSR count). The second-order valence-corrected chi connectivity index (χ2v) is 8.43. The number of carbonyl (C=O) groups excluding carboxylic acids is 3. The molecule has 6 nitrogen and oxygen atoms in total. The quantitative estimate of drug-likeness (QED) is 0.563. The van der Waals surface area contributed by atoms with Crippen LogP contribution < -0.4 is 5.32 Å². The van der Waals surface area contributed by atoms with Crippen LogP contribution in [0.25, 0.3) is 10.8 Å². The second kappa shape index (κ2) is 9.31. The zero-order valence-electron chi connectivity index (χ0n) is 17.2. The van der Waals surface area contributed by atoms with Gasteiger partial charge in [0.05, 0.1) is 17.7 Å². The van der Waals surface area contributed by atoms with Gasteiger partial charge >= 0.3 is 11.9 Å². The molecule has 1 aliphatic carbocycles. The summed E-state index contributed by atoms with van der Waals surface area (Å²) in [6.45, 7) is 1.58. The number of hydrogen-bond acceptors (Lipinski definition) is 6. The van der Waals surface area contributed by atoms with Crippen LogP contribution in [0.3, 0.4) is 0 Å². The number of amides is 1. The normalized spacial score (nSPS) is 12.8. The minimum absolute atomic E-state index is 0.264. The number of hydrogen-bond donors (Lipinski definition) is 1. The first-order chi connectivity index (χ1) is 15.1. The number of thiophene rings is 1. The van der Waals surface area contributed by atoms with Gasteiger partial charge in [-0.1, -0.05) is 30.3 Å². The van der Waals surface area contributed by atoms with E-state index in [4.69, 9.17) is 9.47 Å². The van der Waals surface area contributed by atoms with E-state index in [1.807, 2.05) is 30.3 Å². The number of nitrogens with one attached hydrogen (secondary N) is 1. The Bertz CT molecular complexity index is 1150. The molecule has 2 aromatic carbocycles. The highest BCUT2D eigenvalue weighted by Crippen LogP contribution is 2.38. The van der Waals surface area contributed by atoms with Gasteiger partial charge in [0.2, 0.25) is 0 Å². The minimum atomic E-state index is -0.572. The molecule has 0 saturated heterocycles. The Morgan fingerprint density at radius 1 is 0.968 bits per heavy atom. The van der Waals surface area contributed by atoms with Crippen molar-refractivity contribution in [3.63, 3.8) is 0 Å². The molecule has 7 heteroatoms. The van der Waals surface area contributed by atoms with Crippen LogP contribution in [0.5, 0.6) is 0 Å². The first-order valence-corrected chi connectivity index (χ1v) is 11.2. The highest BCUT2D eigenvalue weighted by molar-refractivity contribution is 7.17. The number of benzene rings is 2. The van der Waals surface area contributed by atoms with E-state index < -0.39 is 24.5 Å². The SMILES string of the molecule is CCOC(=O)c1c(NC(=O)COC(=O)c2ccc3ccccc3c2)sc2c1CCCC2. The van der Waals surface area contributed by atoms with Crippen molar-refractivity contribution < 1.29 is 23.9 Å². The van der Waals surface area contributed by atoms with E-state index >= 15 is 0 Å². The molecular weight excluding hydrogens is 414 g/mol. The van der Waals surface area contributed by atoms with E-state index in [0.717, 1.165) is 46.9 Å². The molecule has 1 aromatic heterocycles. The third-order valence-corrected chi connectivity index (χ3v) is 6.43. The van der Waals surface area contributed by atoms with E-state index in [0.29, 0.717) is 16.1 Å². The van der Waals surface area contributed by atoms with E-state index in [9.17, 15) is 14.4 Å². The average molecular weight is 438 g/mol. The molecule has 0 bridgehead atoms. The van der Waals surface area contributed by atoms with Crippen LogP contribution in [0, 0.1) is 0 Å². The Kier molecular flexibility index (Phi) is 6.32. The van der Waals surface area contributed by atoms with Crippen LogP contribution in [-0.2, 0) is 27.1 Å². The number of aryl methyl sites for hydroxylation is 1. The average Bonchev–Trinajstić information content (AvgIpc) is 3.15. The molecule has 0 aliphatic heterocycles. The van der Waals surface area contributed by atoms with Gasteiger partial charge in [-0.3, -0.25) is 4.79 Å². The zero-order chi connectivity index (χ0) is 21.8. The zero-order valence-corrected chi connectivity index (χ0v) is 18.1. The topological polar surface area (TPSA) is 81.7 Å². The van der Waals surface area contributed by atoms with Gasteiger partial charge in [-0.2, -0.15) is 0 Å². The minimum Gasteiger partial charge on any atom is -0.462 e. The molecule has 1 heterocycles. The number of ether oxygens (including phenoxy) is 2. The van der Waals surface area contributed by atoms with Gasteiger partial charge < -0.3 is 14.8 Å². The summed E-state index contributed by atoms with van der Waals surface area (Å²) in [4.78, 5) is 38.5. The van der Waals surface area contributed by atoms with E-state index in [2.05, 4.69) is 5.32 Å². The molecule has 1 N–H and O–H groups in total. The van der Waals surface area contributed by atoms with Crippen molar-refractivity contribution in [3.8, 4) is 0 Å². The van der Waals surface area contributed by atoms with Crippen molar-refractivity contribution in [3.05, 3.63) is 64.0 Å². The van der Waals surface area contributed by atoms with Gasteiger partial charge in [0.1, 0.15) is 5.00 Å². The van der Waals surface area contributed by atoms with Crippen LogP contribution in [0.1, 0.15) is 50.9 Å². The van der Waals surface area contributed by atoms with Crippen LogP contribution in [0.4, 0.5) is 5.00 Å². The molecule has 160 valence electrons. The third kappa shape index (κ3) is 4.61. The highest BCUT2D eigenvalue weighted by Gasteiger charge is 2.27. The van der Waals surface area contributed by atoms with Crippen molar-refractivity contribution in [2.45, 2.75) is 32.6 Å². The van der Waals surface area contributed by atoms with Gasteiger partial charge in [0, 0.05) is 4.88 Å². The Balaban J connectivity index is 1.44. The van der Waals surface area contributed by atoms with E-state index in [1.165, 1.54) is 11.3 Å². The van der Waals surface area contributed by atoms with Crippen LogP contribution in [-0.4, -0.2) is 31.1 Å². The van der Waals surface area contributed by atoms with Gasteiger partial charge in [-0.05, 0) is 61.1 Å². The summed E-state index contributed by atoms with van der Waals surface area (Å²) in [6.07, 6.45) is 3.76. The van der Waals surface area contributed by atoms with Crippen LogP contribution in [0.15, 0.2) is 42.5 Å². The first-order valence-electron chi connectivity index (χ1n) is 10.3. The number of anilines is 1. The van der Waals surface area contributed by atoms with Crippen molar-refractivity contribution in [1.82, 2.24) is 0 Å². The predicted octanol–water partition coefficient (Wildman–Crippen LogP) is 4.75. The second-order valence-electron chi connectivity index (χ2n) is 7.32. The monoisotopic (exact) mass is 437 g/mol.